The Morgan fingerprint density at radius 2 is 1.82 bits per heavy atom. The van der Waals surface area contributed by atoms with Crippen LogP contribution in [0.2, 0.25) is 0 Å². The first-order chi connectivity index (χ1) is 10.2. The molecule has 2 saturated carbocycles. The van der Waals surface area contributed by atoms with Crippen LogP contribution in [0.25, 0.3) is 0 Å². The molecular formula is C18H27ClN2O. The highest BCUT2D eigenvalue weighted by Gasteiger charge is 2.31. The molecule has 2 aliphatic carbocycles. The largest absolute Gasteiger partial charge is 0.349 e. The highest BCUT2D eigenvalue weighted by atomic mass is 35.5. The normalized spacial score (nSPS) is 25.9. The number of hydrogen-bond donors (Lipinski definition) is 2. The minimum atomic E-state index is 0. The molecule has 0 saturated heterocycles. The van der Waals surface area contributed by atoms with E-state index < -0.39 is 0 Å². The fraction of sp³-hybridized carbons (Fsp3) is 0.611. The zero-order valence-electron chi connectivity index (χ0n) is 13.0. The van der Waals surface area contributed by atoms with E-state index in [4.69, 9.17) is 5.73 Å². The molecule has 4 heteroatoms. The van der Waals surface area contributed by atoms with E-state index in [1.165, 1.54) is 31.2 Å². The van der Waals surface area contributed by atoms with E-state index in [0.29, 0.717) is 18.3 Å². The Morgan fingerprint density at radius 3 is 2.36 bits per heavy atom. The molecule has 0 heterocycles. The third-order valence-corrected chi connectivity index (χ3v) is 5.26. The topological polar surface area (TPSA) is 55.1 Å². The number of nitrogens with two attached hydrogens (primary N) is 1. The lowest BCUT2D eigenvalue weighted by molar-refractivity contribution is -0.123. The van der Waals surface area contributed by atoms with E-state index in [0.717, 1.165) is 12.8 Å². The summed E-state index contributed by atoms with van der Waals surface area (Å²) in [5.41, 5.74) is 7.33. The molecular weight excluding hydrogens is 296 g/mol. The number of amides is 1. The van der Waals surface area contributed by atoms with Crippen LogP contribution in [0, 0.1) is 11.8 Å². The van der Waals surface area contributed by atoms with E-state index in [1.54, 1.807) is 0 Å². The number of carbonyl (C=O) groups excluding carboxylic acids is 1. The van der Waals surface area contributed by atoms with Gasteiger partial charge in [-0.3, -0.25) is 4.79 Å². The first-order valence-corrected chi connectivity index (χ1v) is 8.34. The van der Waals surface area contributed by atoms with Crippen LogP contribution in [0.3, 0.4) is 0 Å². The molecule has 1 aromatic carbocycles. The van der Waals surface area contributed by atoms with E-state index in [9.17, 15) is 4.79 Å². The van der Waals surface area contributed by atoms with E-state index in [2.05, 4.69) is 29.6 Å². The van der Waals surface area contributed by atoms with Gasteiger partial charge >= 0.3 is 0 Å². The number of benzene rings is 1. The van der Waals surface area contributed by atoms with Gasteiger partial charge in [0.05, 0.1) is 6.04 Å². The van der Waals surface area contributed by atoms with Crippen molar-refractivity contribution in [2.24, 2.45) is 17.6 Å². The Balaban J connectivity index is 0.00000176. The van der Waals surface area contributed by atoms with Gasteiger partial charge in [0.25, 0.3) is 0 Å². The Labute approximate surface area is 139 Å². The van der Waals surface area contributed by atoms with E-state index in [-0.39, 0.29) is 30.4 Å². The lowest BCUT2D eigenvalue weighted by atomic mass is 9.77. The van der Waals surface area contributed by atoms with Gasteiger partial charge in [-0.15, -0.1) is 12.4 Å². The molecule has 3 rings (SSSR count). The van der Waals surface area contributed by atoms with Crippen LogP contribution in [0.4, 0.5) is 0 Å². The van der Waals surface area contributed by atoms with Crippen molar-refractivity contribution < 1.29 is 4.79 Å². The van der Waals surface area contributed by atoms with Crippen molar-refractivity contribution in [3.05, 3.63) is 35.9 Å². The standard InChI is InChI=1S/C18H26N2O.ClH/c19-16-11-5-10-15(16)12-17(21)20-18(14-8-4-9-14)13-6-2-1-3-7-13;/h1-3,6-7,14-16,18H,4-5,8-12,19H2,(H,20,21);1H/t15-,16+,18?;/m0./s1. The van der Waals surface area contributed by atoms with Crippen molar-refractivity contribution in [3.8, 4) is 0 Å². The van der Waals surface area contributed by atoms with Gasteiger partial charge < -0.3 is 11.1 Å². The maximum absolute atomic E-state index is 12.4. The van der Waals surface area contributed by atoms with Crippen molar-refractivity contribution in [2.45, 2.75) is 57.0 Å². The lowest BCUT2D eigenvalue weighted by Crippen LogP contribution is -2.38. The summed E-state index contributed by atoms with van der Waals surface area (Å²) in [6.07, 6.45) is 7.68. The monoisotopic (exact) mass is 322 g/mol. The molecule has 0 radical (unpaired) electrons. The Kier molecular flexibility index (Phi) is 6.27. The molecule has 122 valence electrons. The van der Waals surface area contributed by atoms with Crippen molar-refractivity contribution in [1.29, 1.82) is 0 Å². The molecule has 3 atom stereocenters. The molecule has 0 spiro atoms. The van der Waals surface area contributed by atoms with Crippen molar-refractivity contribution in [2.75, 3.05) is 0 Å². The summed E-state index contributed by atoms with van der Waals surface area (Å²) in [6, 6.07) is 10.8. The fourth-order valence-electron chi connectivity index (χ4n) is 3.70. The molecule has 3 nitrogen and oxygen atoms in total. The second-order valence-corrected chi connectivity index (χ2v) is 6.71. The predicted octanol–water partition coefficient (Wildman–Crippen LogP) is 3.58. The summed E-state index contributed by atoms with van der Waals surface area (Å²) in [6.45, 7) is 0. The van der Waals surface area contributed by atoms with Crippen LogP contribution in [-0.2, 0) is 4.79 Å². The fourth-order valence-corrected chi connectivity index (χ4v) is 3.70. The van der Waals surface area contributed by atoms with Crippen LogP contribution in [-0.4, -0.2) is 11.9 Å². The van der Waals surface area contributed by atoms with E-state index >= 15 is 0 Å². The molecule has 2 fully saturated rings. The second kappa shape index (κ2) is 7.98. The van der Waals surface area contributed by atoms with Gasteiger partial charge in [-0.1, -0.05) is 43.2 Å². The number of carbonyl (C=O) groups is 1. The number of nitrogens with one attached hydrogen (secondary N) is 1. The lowest BCUT2D eigenvalue weighted by Gasteiger charge is -2.35. The second-order valence-electron chi connectivity index (χ2n) is 6.71. The highest BCUT2D eigenvalue weighted by molar-refractivity contribution is 5.85. The van der Waals surface area contributed by atoms with Gasteiger partial charge in [0.15, 0.2) is 0 Å². The summed E-state index contributed by atoms with van der Waals surface area (Å²) < 4.78 is 0. The van der Waals surface area contributed by atoms with Gasteiger partial charge in [-0.2, -0.15) is 0 Å². The average molecular weight is 323 g/mol. The van der Waals surface area contributed by atoms with Gasteiger partial charge in [0.1, 0.15) is 0 Å². The first kappa shape index (κ1) is 17.3. The zero-order valence-corrected chi connectivity index (χ0v) is 13.9. The minimum absolute atomic E-state index is 0. The summed E-state index contributed by atoms with van der Waals surface area (Å²) in [7, 11) is 0. The molecule has 22 heavy (non-hydrogen) atoms. The number of halogens is 1. The van der Waals surface area contributed by atoms with Gasteiger partial charge in [-0.05, 0) is 43.1 Å². The van der Waals surface area contributed by atoms with Crippen molar-refractivity contribution in [3.63, 3.8) is 0 Å². The van der Waals surface area contributed by atoms with Crippen molar-refractivity contribution >= 4 is 18.3 Å². The molecule has 0 bridgehead atoms. The van der Waals surface area contributed by atoms with Gasteiger partial charge in [0, 0.05) is 12.5 Å². The third kappa shape index (κ3) is 4.02. The molecule has 1 amide bonds. The predicted molar refractivity (Wildman–Crippen MR) is 91.8 cm³/mol. The maximum atomic E-state index is 12.4. The van der Waals surface area contributed by atoms with Crippen LogP contribution in [0.15, 0.2) is 30.3 Å². The molecule has 0 aliphatic heterocycles. The SMILES string of the molecule is Cl.N[C@@H]1CCC[C@H]1CC(=O)NC(c1ccccc1)C1CCC1. The van der Waals surface area contributed by atoms with Gasteiger partial charge in [-0.25, -0.2) is 0 Å². The first-order valence-electron chi connectivity index (χ1n) is 8.34. The molecule has 0 aromatic heterocycles. The smallest absolute Gasteiger partial charge is 0.220 e. The van der Waals surface area contributed by atoms with Crippen LogP contribution >= 0.6 is 12.4 Å². The van der Waals surface area contributed by atoms with Gasteiger partial charge in [0.2, 0.25) is 5.91 Å². The Bertz CT molecular complexity index is 475. The number of hydrogen-bond acceptors (Lipinski definition) is 2. The summed E-state index contributed by atoms with van der Waals surface area (Å²) >= 11 is 0. The van der Waals surface area contributed by atoms with E-state index in [1.807, 2.05) is 6.07 Å². The van der Waals surface area contributed by atoms with Crippen LogP contribution < -0.4 is 11.1 Å². The number of rotatable bonds is 5. The highest BCUT2D eigenvalue weighted by Crippen LogP contribution is 2.38. The quantitative estimate of drug-likeness (QED) is 0.870. The summed E-state index contributed by atoms with van der Waals surface area (Å²) in [5.74, 6) is 1.16. The van der Waals surface area contributed by atoms with Crippen molar-refractivity contribution in [1.82, 2.24) is 5.32 Å². The molecule has 2 aliphatic rings. The Hall–Kier alpha value is -1.06. The van der Waals surface area contributed by atoms with Crippen LogP contribution in [0.5, 0.6) is 0 Å². The van der Waals surface area contributed by atoms with Crippen LogP contribution in [0.1, 0.15) is 56.6 Å². The molecule has 1 aromatic rings. The summed E-state index contributed by atoms with van der Waals surface area (Å²) in [5, 5.41) is 3.29. The third-order valence-electron chi connectivity index (χ3n) is 5.26. The summed E-state index contributed by atoms with van der Waals surface area (Å²) in [4.78, 5) is 12.4. The Morgan fingerprint density at radius 1 is 1.14 bits per heavy atom. The minimum Gasteiger partial charge on any atom is -0.349 e. The molecule has 3 N–H and O–H groups in total. The maximum Gasteiger partial charge on any atom is 0.220 e. The molecule has 1 unspecified atom stereocenters. The zero-order chi connectivity index (χ0) is 14.7. The average Bonchev–Trinajstić information content (AvgIpc) is 2.82.